The van der Waals surface area contributed by atoms with Gasteiger partial charge >= 0.3 is 6.18 Å². The van der Waals surface area contributed by atoms with Gasteiger partial charge in [-0.3, -0.25) is 9.97 Å². The van der Waals surface area contributed by atoms with Crippen molar-refractivity contribution >= 4 is 6.08 Å². The largest absolute Gasteiger partial charge is 0.416 e. The lowest BCUT2D eigenvalue weighted by Gasteiger charge is -2.06. The first kappa shape index (κ1) is 13.3. The molecule has 2 aromatic rings. The fraction of sp³-hybridized carbons (Fsp3) is 0.143. The van der Waals surface area contributed by atoms with E-state index in [-0.39, 0.29) is 0 Å². The molecule has 0 bridgehead atoms. The van der Waals surface area contributed by atoms with E-state index in [9.17, 15) is 13.2 Å². The number of hydrogen-bond donors (Lipinski definition) is 0. The van der Waals surface area contributed by atoms with Gasteiger partial charge in [0.2, 0.25) is 0 Å². The fourth-order valence-corrected chi connectivity index (χ4v) is 1.56. The Morgan fingerprint density at radius 1 is 1.05 bits per heavy atom. The van der Waals surface area contributed by atoms with Gasteiger partial charge in [-0.1, -0.05) is 12.2 Å². The molecule has 0 aliphatic rings. The van der Waals surface area contributed by atoms with E-state index in [4.69, 9.17) is 0 Å². The number of rotatable bonds is 3. The van der Waals surface area contributed by atoms with Crippen molar-refractivity contribution in [3.8, 4) is 0 Å². The van der Waals surface area contributed by atoms with Crippen LogP contribution in [0.5, 0.6) is 0 Å². The van der Waals surface area contributed by atoms with Crippen LogP contribution in [0.1, 0.15) is 16.8 Å². The van der Waals surface area contributed by atoms with Crippen LogP contribution in [0.3, 0.4) is 0 Å². The Balaban J connectivity index is 2.06. The maximum absolute atomic E-state index is 12.5. The van der Waals surface area contributed by atoms with Gasteiger partial charge in [0.05, 0.1) is 5.56 Å². The lowest BCUT2D eigenvalue weighted by Crippen LogP contribution is -2.05. The summed E-state index contributed by atoms with van der Waals surface area (Å²) in [4.78, 5) is 7.80. The number of aromatic nitrogens is 2. The van der Waals surface area contributed by atoms with Crippen LogP contribution in [0, 0.1) is 0 Å². The normalized spacial score (nSPS) is 11.9. The number of hydrogen-bond acceptors (Lipinski definition) is 2. The van der Waals surface area contributed by atoms with Crippen molar-refractivity contribution in [1.29, 1.82) is 0 Å². The Morgan fingerprint density at radius 3 is 2.47 bits per heavy atom. The predicted octanol–water partition coefficient (Wildman–Crippen LogP) is 3.75. The summed E-state index contributed by atoms with van der Waals surface area (Å²) in [7, 11) is 0. The third-order valence-electron chi connectivity index (χ3n) is 2.49. The summed E-state index contributed by atoms with van der Waals surface area (Å²) in [6, 6.07) is 5.67. The minimum Gasteiger partial charge on any atom is -0.265 e. The van der Waals surface area contributed by atoms with Crippen LogP contribution < -0.4 is 0 Å². The van der Waals surface area contributed by atoms with Crippen molar-refractivity contribution in [2.45, 2.75) is 12.6 Å². The molecule has 0 radical (unpaired) electrons. The second kappa shape index (κ2) is 5.65. The van der Waals surface area contributed by atoms with Crippen LogP contribution in [0.2, 0.25) is 0 Å². The highest BCUT2D eigenvalue weighted by atomic mass is 19.4. The molecule has 0 saturated carbocycles. The van der Waals surface area contributed by atoms with E-state index in [2.05, 4.69) is 9.97 Å². The van der Waals surface area contributed by atoms with Crippen LogP contribution >= 0.6 is 0 Å². The van der Waals surface area contributed by atoms with Gasteiger partial charge in [0.1, 0.15) is 0 Å². The number of nitrogens with zero attached hydrogens (tertiary/aromatic N) is 2. The smallest absolute Gasteiger partial charge is 0.265 e. The van der Waals surface area contributed by atoms with Gasteiger partial charge in [-0.05, 0) is 29.8 Å². The quantitative estimate of drug-likeness (QED) is 0.843. The molecule has 0 saturated heterocycles. The Labute approximate surface area is 108 Å². The van der Waals surface area contributed by atoms with E-state index in [0.29, 0.717) is 12.1 Å². The summed E-state index contributed by atoms with van der Waals surface area (Å²) in [5, 5.41) is 0. The topological polar surface area (TPSA) is 25.8 Å². The van der Waals surface area contributed by atoms with Gasteiger partial charge in [0.25, 0.3) is 0 Å². The van der Waals surface area contributed by atoms with Gasteiger partial charge in [-0.2, -0.15) is 13.2 Å². The summed E-state index contributed by atoms with van der Waals surface area (Å²) in [5.74, 6) is 0. The van der Waals surface area contributed by atoms with Crippen LogP contribution in [0.4, 0.5) is 13.2 Å². The molecule has 2 rings (SSSR count). The van der Waals surface area contributed by atoms with Crippen molar-refractivity contribution in [2.24, 2.45) is 0 Å². The average Bonchev–Trinajstić information content (AvgIpc) is 2.39. The molecule has 19 heavy (non-hydrogen) atoms. The highest BCUT2D eigenvalue weighted by molar-refractivity contribution is 5.48. The second-order valence-corrected chi connectivity index (χ2v) is 3.92. The minimum atomic E-state index is -4.33. The van der Waals surface area contributed by atoms with E-state index in [1.807, 2.05) is 18.2 Å². The van der Waals surface area contributed by atoms with Crippen LogP contribution in [-0.4, -0.2) is 9.97 Å². The fourth-order valence-electron chi connectivity index (χ4n) is 1.56. The third kappa shape index (κ3) is 3.91. The van der Waals surface area contributed by atoms with Crippen molar-refractivity contribution in [2.75, 3.05) is 0 Å². The Bertz CT molecular complexity index is 562. The molecule has 0 N–H and O–H groups in total. The highest BCUT2D eigenvalue weighted by Crippen LogP contribution is 2.29. The first-order valence-corrected chi connectivity index (χ1v) is 5.64. The van der Waals surface area contributed by atoms with Crippen molar-refractivity contribution < 1.29 is 13.2 Å². The zero-order chi connectivity index (χ0) is 13.7. The van der Waals surface area contributed by atoms with Gasteiger partial charge in [-0.15, -0.1) is 0 Å². The Hall–Kier alpha value is -2.17. The molecule has 98 valence electrons. The lowest BCUT2D eigenvalue weighted by molar-refractivity contribution is -0.137. The number of pyridine rings is 2. The molecule has 0 aromatic carbocycles. The van der Waals surface area contributed by atoms with Gasteiger partial charge < -0.3 is 0 Å². The first-order chi connectivity index (χ1) is 9.05. The summed E-state index contributed by atoms with van der Waals surface area (Å²) >= 11 is 0. The number of alkyl halides is 3. The van der Waals surface area contributed by atoms with Crippen LogP contribution in [-0.2, 0) is 12.6 Å². The molecule has 0 amide bonds. The zero-order valence-corrected chi connectivity index (χ0v) is 9.93. The molecule has 2 aromatic heterocycles. The van der Waals surface area contributed by atoms with Gasteiger partial charge in [0, 0.05) is 30.7 Å². The summed E-state index contributed by atoms with van der Waals surface area (Å²) < 4.78 is 37.5. The molecule has 0 spiro atoms. The van der Waals surface area contributed by atoms with E-state index in [1.165, 1.54) is 6.20 Å². The highest BCUT2D eigenvalue weighted by Gasteiger charge is 2.30. The first-order valence-electron chi connectivity index (χ1n) is 5.64. The van der Waals surface area contributed by atoms with E-state index in [1.54, 1.807) is 18.5 Å². The van der Waals surface area contributed by atoms with Crippen molar-refractivity contribution in [3.63, 3.8) is 0 Å². The maximum Gasteiger partial charge on any atom is 0.416 e. The summed E-state index contributed by atoms with van der Waals surface area (Å²) in [6.45, 7) is 0. The zero-order valence-electron chi connectivity index (χ0n) is 9.93. The minimum absolute atomic E-state index is 0.353. The molecule has 2 heterocycles. The van der Waals surface area contributed by atoms with Crippen LogP contribution in [0.25, 0.3) is 6.08 Å². The third-order valence-corrected chi connectivity index (χ3v) is 2.49. The van der Waals surface area contributed by atoms with Gasteiger partial charge in [0.15, 0.2) is 0 Å². The molecular formula is C14H11F3N2. The maximum atomic E-state index is 12.5. The van der Waals surface area contributed by atoms with Crippen molar-refractivity contribution in [1.82, 2.24) is 9.97 Å². The Kier molecular flexibility index (Phi) is 3.94. The second-order valence-electron chi connectivity index (χ2n) is 3.92. The monoisotopic (exact) mass is 264 g/mol. The molecule has 5 heteroatoms. The lowest BCUT2D eigenvalue weighted by atomic mass is 10.1. The molecule has 2 nitrogen and oxygen atoms in total. The summed E-state index contributed by atoms with van der Waals surface area (Å²) in [5.41, 5.74) is 0.664. The van der Waals surface area contributed by atoms with Crippen LogP contribution in [0.15, 0.2) is 48.9 Å². The molecule has 0 atom stereocenters. The van der Waals surface area contributed by atoms with E-state index >= 15 is 0 Å². The molecule has 0 aliphatic carbocycles. The number of allylic oxidation sites excluding steroid dienone is 1. The predicted molar refractivity (Wildman–Crippen MR) is 66.2 cm³/mol. The number of halogens is 3. The molecule has 0 unspecified atom stereocenters. The summed E-state index contributed by atoms with van der Waals surface area (Å²) in [6.07, 6.45) is 4.11. The average molecular weight is 264 g/mol. The molecule has 0 fully saturated rings. The van der Waals surface area contributed by atoms with E-state index < -0.39 is 11.7 Å². The molecular weight excluding hydrogens is 253 g/mol. The Morgan fingerprint density at radius 2 is 1.79 bits per heavy atom. The standard InChI is InChI=1S/C14H11F3N2/c15-14(16,17)12-6-9-19-13(10-12)3-1-2-11-4-7-18-8-5-11/h1-2,4-10H,3H2. The van der Waals surface area contributed by atoms with E-state index in [0.717, 1.165) is 17.7 Å². The van der Waals surface area contributed by atoms with Crippen molar-refractivity contribution in [3.05, 3.63) is 65.8 Å². The SMILES string of the molecule is FC(F)(F)c1ccnc(CC=Cc2ccncc2)c1. The van der Waals surface area contributed by atoms with Gasteiger partial charge in [-0.25, -0.2) is 0 Å². The molecule has 0 aliphatic heterocycles.